The number of nitrogens with one attached hydrogen (secondary N) is 1. The van der Waals surface area contributed by atoms with Crippen molar-refractivity contribution in [2.24, 2.45) is 0 Å². The average molecular weight is 314 g/mol. The molecule has 1 aliphatic rings. The van der Waals surface area contributed by atoms with Gasteiger partial charge in [0.25, 0.3) is 5.91 Å². The summed E-state index contributed by atoms with van der Waals surface area (Å²) in [7, 11) is 0. The summed E-state index contributed by atoms with van der Waals surface area (Å²) in [4.78, 5) is 16.4. The molecule has 0 radical (unpaired) electrons. The van der Waals surface area contributed by atoms with Crippen LogP contribution in [0.3, 0.4) is 0 Å². The minimum absolute atomic E-state index is 0.0125. The molecule has 3 nitrogen and oxygen atoms in total. The highest BCUT2D eigenvalue weighted by Crippen LogP contribution is 2.31. The van der Waals surface area contributed by atoms with Crippen molar-refractivity contribution in [1.82, 2.24) is 10.3 Å². The zero-order valence-corrected chi connectivity index (χ0v) is 13.3. The predicted molar refractivity (Wildman–Crippen MR) is 95.6 cm³/mol. The Balaban J connectivity index is 1.65. The minimum atomic E-state index is 0.0125. The van der Waals surface area contributed by atoms with Crippen LogP contribution in [0.1, 0.15) is 23.2 Å². The maximum Gasteiger partial charge on any atom is 0.251 e. The molecule has 1 amide bonds. The lowest BCUT2D eigenvalue weighted by Gasteiger charge is -2.10. The summed E-state index contributed by atoms with van der Waals surface area (Å²) in [5, 5.41) is 3.02. The Hall–Kier alpha value is -2.94. The second kappa shape index (κ2) is 6.28. The van der Waals surface area contributed by atoms with Gasteiger partial charge < -0.3 is 5.32 Å². The number of amides is 1. The van der Waals surface area contributed by atoms with E-state index in [1.54, 1.807) is 0 Å². The van der Waals surface area contributed by atoms with Crippen molar-refractivity contribution in [2.75, 3.05) is 0 Å². The van der Waals surface area contributed by atoms with Gasteiger partial charge in [0.1, 0.15) is 0 Å². The van der Waals surface area contributed by atoms with Crippen molar-refractivity contribution in [3.8, 4) is 22.3 Å². The van der Waals surface area contributed by atoms with Crippen LogP contribution in [0.4, 0.5) is 0 Å². The van der Waals surface area contributed by atoms with Gasteiger partial charge in [0.2, 0.25) is 0 Å². The van der Waals surface area contributed by atoms with Gasteiger partial charge in [-0.25, -0.2) is 0 Å². The van der Waals surface area contributed by atoms with Crippen molar-refractivity contribution in [3.05, 3.63) is 78.6 Å². The quantitative estimate of drug-likeness (QED) is 0.780. The molecule has 1 aliphatic carbocycles. The molecule has 3 heteroatoms. The smallest absolute Gasteiger partial charge is 0.251 e. The van der Waals surface area contributed by atoms with Gasteiger partial charge >= 0.3 is 0 Å². The topological polar surface area (TPSA) is 42.0 Å². The first-order chi connectivity index (χ1) is 11.8. The third-order valence-electron chi connectivity index (χ3n) is 4.28. The lowest BCUT2D eigenvalue weighted by molar-refractivity contribution is 0.0951. The molecule has 118 valence electrons. The van der Waals surface area contributed by atoms with Crippen LogP contribution in [-0.2, 0) is 0 Å². The van der Waals surface area contributed by atoms with Crippen molar-refractivity contribution in [1.29, 1.82) is 0 Å². The largest absolute Gasteiger partial charge is 0.349 e. The van der Waals surface area contributed by atoms with E-state index in [9.17, 15) is 4.79 Å². The molecule has 24 heavy (non-hydrogen) atoms. The van der Waals surface area contributed by atoms with Crippen LogP contribution in [0.2, 0.25) is 0 Å². The predicted octanol–water partition coefficient (Wildman–Crippen LogP) is 4.31. The van der Waals surface area contributed by atoms with E-state index in [1.807, 2.05) is 60.9 Å². The van der Waals surface area contributed by atoms with E-state index in [0.29, 0.717) is 11.6 Å². The maximum atomic E-state index is 12.1. The molecule has 1 aromatic heterocycles. The Morgan fingerprint density at radius 2 is 1.58 bits per heavy atom. The lowest BCUT2D eigenvalue weighted by Crippen LogP contribution is -2.25. The van der Waals surface area contributed by atoms with Gasteiger partial charge in [-0.3, -0.25) is 9.78 Å². The van der Waals surface area contributed by atoms with Crippen LogP contribution >= 0.6 is 0 Å². The average Bonchev–Trinajstić information content (AvgIpc) is 3.46. The summed E-state index contributed by atoms with van der Waals surface area (Å²) in [5.74, 6) is 0.0125. The number of carbonyl (C=O) groups is 1. The number of hydrogen-bond donors (Lipinski definition) is 1. The maximum absolute atomic E-state index is 12.1. The van der Waals surface area contributed by atoms with Crippen LogP contribution in [0.25, 0.3) is 22.3 Å². The Kier molecular flexibility index (Phi) is 3.83. The molecule has 0 spiro atoms. The number of nitrogens with zero attached hydrogens (tertiary/aromatic N) is 1. The monoisotopic (exact) mass is 314 g/mol. The minimum Gasteiger partial charge on any atom is -0.349 e. The van der Waals surface area contributed by atoms with Gasteiger partial charge in [-0.15, -0.1) is 0 Å². The second-order valence-corrected chi connectivity index (χ2v) is 6.11. The van der Waals surface area contributed by atoms with E-state index in [4.69, 9.17) is 0 Å². The SMILES string of the molecule is O=C(NC1CC1)c1ccc(-c2cnccc2-c2ccccc2)cc1. The van der Waals surface area contributed by atoms with Gasteiger partial charge in [-0.1, -0.05) is 42.5 Å². The zero-order chi connectivity index (χ0) is 16.4. The molecule has 0 aliphatic heterocycles. The van der Waals surface area contributed by atoms with Gasteiger partial charge in [-0.05, 0) is 47.7 Å². The van der Waals surface area contributed by atoms with E-state index in [1.165, 1.54) is 0 Å². The fourth-order valence-electron chi connectivity index (χ4n) is 2.79. The summed E-state index contributed by atoms with van der Waals surface area (Å²) >= 11 is 0. The van der Waals surface area contributed by atoms with E-state index in [0.717, 1.165) is 35.1 Å². The fraction of sp³-hybridized carbons (Fsp3) is 0.143. The number of hydrogen-bond acceptors (Lipinski definition) is 2. The third-order valence-corrected chi connectivity index (χ3v) is 4.28. The van der Waals surface area contributed by atoms with Gasteiger partial charge in [0, 0.05) is 29.6 Å². The molecule has 1 N–H and O–H groups in total. The molecule has 3 aromatic rings. The highest BCUT2D eigenvalue weighted by atomic mass is 16.1. The number of benzene rings is 2. The summed E-state index contributed by atoms with van der Waals surface area (Å²) in [6, 6.07) is 20.4. The molecule has 0 bridgehead atoms. The molecule has 0 atom stereocenters. The Morgan fingerprint density at radius 3 is 2.29 bits per heavy atom. The van der Waals surface area contributed by atoms with E-state index >= 15 is 0 Å². The molecule has 1 fully saturated rings. The summed E-state index contributed by atoms with van der Waals surface area (Å²) in [5.41, 5.74) is 5.13. The number of aromatic nitrogens is 1. The van der Waals surface area contributed by atoms with E-state index in [-0.39, 0.29) is 5.91 Å². The first kappa shape index (κ1) is 14.6. The van der Waals surface area contributed by atoms with Crippen molar-refractivity contribution in [3.63, 3.8) is 0 Å². The normalized spacial score (nSPS) is 13.5. The van der Waals surface area contributed by atoms with Gasteiger partial charge in [0.05, 0.1) is 0 Å². The zero-order valence-electron chi connectivity index (χ0n) is 13.3. The van der Waals surface area contributed by atoms with Gasteiger partial charge in [-0.2, -0.15) is 0 Å². The highest BCUT2D eigenvalue weighted by Gasteiger charge is 2.23. The summed E-state index contributed by atoms with van der Waals surface area (Å²) in [6.07, 6.45) is 5.88. The van der Waals surface area contributed by atoms with E-state index < -0.39 is 0 Å². The molecule has 4 rings (SSSR count). The summed E-state index contributed by atoms with van der Waals surface area (Å²) in [6.45, 7) is 0. The van der Waals surface area contributed by atoms with Crippen LogP contribution in [0, 0.1) is 0 Å². The number of carbonyl (C=O) groups excluding carboxylic acids is 1. The molecular weight excluding hydrogens is 296 g/mol. The molecule has 1 heterocycles. The van der Waals surface area contributed by atoms with Crippen molar-refractivity contribution < 1.29 is 4.79 Å². The Labute approximate surface area is 141 Å². The number of rotatable bonds is 4. The van der Waals surface area contributed by atoms with Crippen molar-refractivity contribution in [2.45, 2.75) is 18.9 Å². The first-order valence-corrected chi connectivity index (χ1v) is 8.22. The van der Waals surface area contributed by atoms with Crippen LogP contribution in [0.5, 0.6) is 0 Å². The Morgan fingerprint density at radius 1 is 0.875 bits per heavy atom. The summed E-state index contributed by atoms with van der Waals surface area (Å²) < 4.78 is 0. The molecule has 1 saturated carbocycles. The lowest BCUT2D eigenvalue weighted by atomic mass is 9.96. The molecule has 0 unspecified atom stereocenters. The second-order valence-electron chi connectivity index (χ2n) is 6.11. The molecule has 2 aromatic carbocycles. The van der Waals surface area contributed by atoms with Crippen LogP contribution < -0.4 is 5.32 Å². The van der Waals surface area contributed by atoms with Crippen molar-refractivity contribution >= 4 is 5.91 Å². The third kappa shape index (κ3) is 3.06. The number of pyridine rings is 1. The van der Waals surface area contributed by atoms with Gasteiger partial charge in [0.15, 0.2) is 0 Å². The van der Waals surface area contributed by atoms with Crippen LogP contribution in [0.15, 0.2) is 73.1 Å². The van der Waals surface area contributed by atoms with Crippen LogP contribution in [-0.4, -0.2) is 16.9 Å². The molecular formula is C21H18N2O. The molecule has 0 saturated heterocycles. The van der Waals surface area contributed by atoms with E-state index in [2.05, 4.69) is 22.4 Å². The first-order valence-electron chi connectivity index (χ1n) is 8.22. The fourth-order valence-corrected chi connectivity index (χ4v) is 2.79. The highest BCUT2D eigenvalue weighted by molar-refractivity contribution is 5.95. The standard InChI is InChI=1S/C21H18N2O/c24-21(23-18-10-11-18)17-8-6-16(7-9-17)20-14-22-13-12-19(20)15-4-2-1-3-5-15/h1-9,12-14,18H,10-11H2,(H,23,24). The Bertz CT molecular complexity index is 853.